The molecule has 0 aliphatic rings. The lowest BCUT2D eigenvalue weighted by Crippen LogP contribution is -2.16. The zero-order valence-corrected chi connectivity index (χ0v) is 13.5. The summed E-state index contributed by atoms with van der Waals surface area (Å²) >= 11 is 12.0. The smallest absolute Gasteiger partial charge is 0.226 e. The van der Waals surface area contributed by atoms with Crippen LogP contribution in [0.15, 0.2) is 42.5 Å². The van der Waals surface area contributed by atoms with Gasteiger partial charge in [-0.2, -0.15) is 0 Å². The third-order valence-electron chi connectivity index (χ3n) is 3.00. The Bertz CT molecular complexity index is 625. The first-order valence-electron chi connectivity index (χ1n) is 6.72. The van der Waals surface area contributed by atoms with E-state index in [1.165, 1.54) is 0 Å². The van der Waals surface area contributed by atoms with Gasteiger partial charge in [-0.15, -0.1) is 0 Å². The Balaban J connectivity index is 1.82. The van der Waals surface area contributed by atoms with E-state index in [2.05, 4.69) is 10.6 Å². The molecule has 0 aliphatic heterocycles. The lowest BCUT2D eigenvalue weighted by atomic mass is 10.2. The van der Waals surface area contributed by atoms with Gasteiger partial charge in [0.1, 0.15) is 5.75 Å². The van der Waals surface area contributed by atoms with Crippen molar-refractivity contribution in [3.05, 3.63) is 52.5 Å². The topological polar surface area (TPSA) is 50.4 Å². The molecule has 0 atom stereocenters. The van der Waals surface area contributed by atoms with Gasteiger partial charge >= 0.3 is 0 Å². The van der Waals surface area contributed by atoms with Crippen LogP contribution < -0.4 is 15.4 Å². The van der Waals surface area contributed by atoms with Crippen LogP contribution >= 0.6 is 23.2 Å². The Labute approximate surface area is 139 Å². The number of ether oxygens (including phenoxy) is 1. The summed E-state index contributed by atoms with van der Waals surface area (Å²) in [6, 6.07) is 12.6. The summed E-state index contributed by atoms with van der Waals surface area (Å²) in [4.78, 5) is 11.9. The van der Waals surface area contributed by atoms with Gasteiger partial charge in [-0.3, -0.25) is 4.79 Å². The van der Waals surface area contributed by atoms with Crippen LogP contribution in [0, 0.1) is 0 Å². The lowest BCUT2D eigenvalue weighted by Gasteiger charge is -2.10. The highest BCUT2D eigenvalue weighted by molar-refractivity contribution is 6.39. The Morgan fingerprint density at radius 2 is 1.73 bits per heavy atom. The summed E-state index contributed by atoms with van der Waals surface area (Å²) in [6.07, 6.45) is 0.299. The van der Waals surface area contributed by atoms with E-state index < -0.39 is 0 Å². The Morgan fingerprint density at radius 3 is 2.32 bits per heavy atom. The molecule has 116 valence electrons. The first kappa shape index (κ1) is 16.5. The van der Waals surface area contributed by atoms with Gasteiger partial charge in [0.15, 0.2) is 0 Å². The largest absolute Gasteiger partial charge is 0.497 e. The number of halogens is 2. The van der Waals surface area contributed by atoms with E-state index >= 15 is 0 Å². The average Bonchev–Trinajstić information content (AvgIpc) is 2.52. The molecule has 0 bridgehead atoms. The van der Waals surface area contributed by atoms with Crippen molar-refractivity contribution in [2.75, 3.05) is 24.3 Å². The standard InChI is InChI=1S/C16H16Cl2N2O2/c1-22-12-7-5-11(6-8-12)19-10-9-15(21)20-16-13(17)3-2-4-14(16)18/h2-8,19H,9-10H2,1H3,(H,20,21). The SMILES string of the molecule is COc1ccc(NCCC(=O)Nc2c(Cl)cccc2Cl)cc1. The first-order valence-corrected chi connectivity index (χ1v) is 7.47. The van der Waals surface area contributed by atoms with Crippen LogP contribution in [0.25, 0.3) is 0 Å². The van der Waals surface area contributed by atoms with Gasteiger partial charge < -0.3 is 15.4 Å². The van der Waals surface area contributed by atoms with Crippen molar-refractivity contribution in [2.45, 2.75) is 6.42 Å². The number of carbonyl (C=O) groups is 1. The second-order valence-corrected chi connectivity index (χ2v) is 5.36. The van der Waals surface area contributed by atoms with Crippen molar-refractivity contribution in [3.8, 4) is 5.75 Å². The van der Waals surface area contributed by atoms with Crippen LogP contribution in [0.5, 0.6) is 5.75 Å². The van der Waals surface area contributed by atoms with Crippen LogP contribution in [0.3, 0.4) is 0 Å². The summed E-state index contributed by atoms with van der Waals surface area (Å²) in [6.45, 7) is 0.500. The Hall–Kier alpha value is -1.91. The zero-order valence-electron chi connectivity index (χ0n) is 12.0. The molecule has 2 rings (SSSR count). The highest BCUT2D eigenvalue weighted by Gasteiger charge is 2.09. The average molecular weight is 339 g/mol. The number of rotatable bonds is 6. The molecular formula is C16H16Cl2N2O2. The summed E-state index contributed by atoms with van der Waals surface area (Å²) in [5, 5.41) is 6.72. The van der Waals surface area contributed by atoms with Gasteiger partial charge in [0, 0.05) is 18.7 Å². The molecule has 0 spiro atoms. The molecule has 6 heteroatoms. The predicted octanol–water partition coefficient (Wildman–Crippen LogP) is 4.44. The fraction of sp³-hybridized carbons (Fsp3) is 0.188. The lowest BCUT2D eigenvalue weighted by molar-refractivity contribution is -0.115. The Kier molecular flexibility index (Phi) is 5.92. The van der Waals surface area contributed by atoms with Gasteiger partial charge in [-0.25, -0.2) is 0 Å². The second-order valence-electron chi connectivity index (χ2n) is 4.55. The van der Waals surface area contributed by atoms with Gasteiger partial charge in [0.05, 0.1) is 22.8 Å². The predicted molar refractivity (Wildman–Crippen MR) is 91.2 cm³/mol. The quantitative estimate of drug-likeness (QED) is 0.818. The number of para-hydroxylation sites is 1. The number of hydrogen-bond acceptors (Lipinski definition) is 3. The summed E-state index contributed by atoms with van der Waals surface area (Å²) in [5.74, 6) is 0.632. The minimum atomic E-state index is -0.156. The fourth-order valence-electron chi connectivity index (χ4n) is 1.85. The Morgan fingerprint density at radius 1 is 1.09 bits per heavy atom. The molecule has 4 nitrogen and oxygen atoms in total. The summed E-state index contributed by atoms with van der Waals surface area (Å²) < 4.78 is 5.08. The van der Waals surface area contributed by atoms with Crippen molar-refractivity contribution < 1.29 is 9.53 Å². The molecule has 0 fully saturated rings. The molecule has 0 heterocycles. The first-order chi connectivity index (χ1) is 10.6. The number of hydrogen-bond donors (Lipinski definition) is 2. The molecule has 2 aromatic carbocycles. The number of amides is 1. The minimum Gasteiger partial charge on any atom is -0.497 e. The summed E-state index contributed by atoms with van der Waals surface area (Å²) in [7, 11) is 1.62. The fourth-order valence-corrected chi connectivity index (χ4v) is 2.34. The second kappa shape index (κ2) is 7.92. The molecular weight excluding hydrogens is 323 g/mol. The van der Waals surface area contributed by atoms with E-state index in [4.69, 9.17) is 27.9 Å². The molecule has 1 amide bonds. The van der Waals surface area contributed by atoms with E-state index in [9.17, 15) is 4.79 Å². The van der Waals surface area contributed by atoms with Crippen LogP contribution in [0.2, 0.25) is 10.0 Å². The van der Waals surface area contributed by atoms with E-state index in [1.54, 1.807) is 25.3 Å². The van der Waals surface area contributed by atoms with Crippen LogP contribution in [0.4, 0.5) is 11.4 Å². The van der Waals surface area contributed by atoms with Crippen molar-refractivity contribution in [2.24, 2.45) is 0 Å². The maximum absolute atomic E-state index is 11.9. The summed E-state index contributed by atoms with van der Waals surface area (Å²) in [5.41, 5.74) is 1.37. The van der Waals surface area contributed by atoms with Crippen molar-refractivity contribution in [1.29, 1.82) is 0 Å². The molecule has 0 radical (unpaired) electrons. The molecule has 22 heavy (non-hydrogen) atoms. The molecule has 0 saturated carbocycles. The third-order valence-corrected chi connectivity index (χ3v) is 3.63. The van der Waals surface area contributed by atoms with Crippen LogP contribution in [-0.2, 0) is 4.79 Å². The molecule has 0 unspecified atom stereocenters. The van der Waals surface area contributed by atoms with E-state index in [0.29, 0.717) is 28.7 Å². The minimum absolute atomic E-state index is 0.156. The molecule has 0 saturated heterocycles. The van der Waals surface area contributed by atoms with Crippen LogP contribution in [-0.4, -0.2) is 19.6 Å². The molecule has 0 aliphatic carbocycles. The van der Waals surface area contributed by atoms with Crippen molar-refractivity contribution in [3.63, 3.8) is 0 Å². The van der Waals surface area contributed by atoms with Crippen molar-refractivity contribution in [1.82, 2.24) is 0 Å². The number of carbonyl (C=O) groups excluding carboxylic acids is 1. The maximum Gasteiger partial charge on any atom is 0.226 e. The zero-order chi connectivity index (χ0) is 15.9. The maximum atomic E-state index is 11.9. The highest BCUT2D eigenvalue weighted by Crippen LogP contribution is 2.29. The van der Waals surface area contributed by atoms with E-state index in [1.807, 2.05) is 24.3 Å². The van der Waals surface area contributed by atoms with Gasteiger partial charge in [0.2, 0.25) is 5.91 Å². The number of benzene rings is 2. The third kappa shape index (κ3) is 4.55. The van der Waals surface area contributed by atoms with Gasteiger partial charge in [-0.1, -0.05) is 29.3 Å². The number of anilines is 2. The van der Waals surface area contributed by atoms with Gasteiger partial charge in [0.25, 0.3) is 0 Å². The van der Waals surface area contributed by atoms with Gasteiger partial charge in [-0.05, 0) is 36.4 Å². The molecule has 0 aromatic heterocycles. The highest BCUT2D eigenvalue weighted by atomic mass is 35.5. The van der Waals surface area contributed by atoms with E-state index in [-0.39, 0.29) is 5.91 Å². The van der Waals surface area contributed by atoms with E-state index in [0.717, 1.165) is 11.4 Å². The molecule has 2 N–H and O–H groups in total. The number of methoxy groups -OCH3 is 1. The monoisotopic (exact) mass is 338 g/mol. The number of nitrogens with one attached hydrogen (secondary N) is 2. The normalized spacial score (nSPS) is 10.1. The van der Waals surface area contributed by atoms with Crippen LogP contribution in [0.1, 0.15) is 6.42 Å². The van der Waals surface area contributed by atoms with Crippen molar-refractivity contribution >= 4 is 40.5 Å². The molecule has 2 aromatic rings.